The predicted molar refractivity (Wildman–Crippen MR) is 110 cm³/mol. The quantitative estimate of drug-likeness (QED) is 0.877. The van der Waals surface area contributed by atoms with Crippen LogP contribution in [0.15, 0.2) is 34.9 Å². The minimum atomic E-state index is -0.0142. The second-order valence-electron chi connectivity index (χ2n) is 7.69. The molecule has 0 spiro atoms. The lowest BCUT2D eigenvalue weighted by molar-refractivity contribution is 0.134. The van der Waals surface area contributed by atoms with Crippen molar-refractivity contribution in [2.45, 2.75) is 32.7 Å². The summed E-state index contributed by atoms with van der Waals surface area (Å²) in [4.78, 5) is 19.4. The smallest absolute Gasteiger partial charge is 0.321 e. The highest BCUT2D eigenvalue weighted by Gasteiger charge is 2.23. The maximum Gasteiger partial charge on any atom is 0.321 e. The van der Waals surface area contributed by atoms with Crippen LogP contribution in [0.2, 0.25) is 0 Å². The first-order valence-electron chi connectivity index (χ1n) is 10.2. The maximum absolute atomic E-state index is 12.8. The summed E-state index contributed by atoms with van der Waals surface area (Å²) in [7, 11) is 0. The third kappa shape index (κ3) is 4.47. The largest absolute Gasteiger partial charge is 0.370 e. The lowest BCUT2D eigenvalue weighted by atomic mass is 10.1. The van der Waals surface area contributed by atoms with Crippen LogP contribution in [-0.4, -0.2) is 60.3 Å². The van der Waals surface area contributed by atoms with Crippen LogP contribution in [0.4, 0.5) is 16.2 Å². The van der Waals surface area contributed by atoms with Gasteiger partial charge in [-0.2, -0.15) is 0 Å². The molecular formula is C21H29N5O2. The highest BCUT2D eigenvalue weighted by atomic mass is 16.5. The summed E-state index contributed by atoms with van der Waals surface area (Å²) in [5.74, 6) is 0.880. The van der Waals surface area contributed by atoms with Gasteiger partial charge in [0.15, 0.2) is 5.76 Å². The van der Waals surface area contributed by atoms with Gasteiger partial charge in [-0.05, 0) is 38.3 Å². The molecule has 4 rings (SSSR count). The number of piperidine rings is 1. The fourth-order valence-electron chi connectivity index (χ4n) is 4.00. The molecule has 2 aromatic rings. The number of hydrogen-bond acceptors (Lipinski definition) is 5. The Bertz CT molecular complexity index is 792. The third-order valence-corrected chi connectivity index (χ3v) is 5.56. The van der Waals surface area contributed by atoms with Crippen molar-refractivity contribution >= 4 is 17.4 Å². The van der Waals surface area contributed by atoms with Crippen molar-refractivity contribution in [1.29, 1.82) is 0 Å². The second-order valence-corrected chi connectivity index (χ2v) is 7.69. The average Bonchev–Trinajstić information content (AvgIpc) is 3.14. The first kappa shape index (κ1) is 18.8. The molecule has 1 aromatic heterocycles. The van der Waals surface area contributed by atoms with Gasteiger partial charge in [0, 0.05) is 45.3 Å². The minimum Gasteiger partial charge on any atom is -0.370 e. The summed E-state index contributed by atoms with van der Waals surface area (Å²) in [5.41, 5.74) is 2.95. The Morgan fingerprint density at radius 2 is 1.82 bits per heavy atom. The van der Waals surface area contributed by atoms with Crippen molar-refractivity contribution in [3.05, 3.63) is 41.8 Å². The van der Waals surface area contributed by atoms with Crippen LogP contribution in [0.1, 0.15) is 30.7 Å². The Labute approximate surface area is 166 Å². The molecule has 0 unspecified atom stereocenters. The van der Waals surface area contributed by atoms with E-state index in [1.807, 2.05) is 36.1 Å². The van der Waals surface area contributed by atoms with Gasteiger partial charge in [-0.15, -0.1) is 0 Å². The molecule has 0 bridgehead atoms. The predicted octanol–water partition coefficient (Wildman–Crippen LogP) is 3.32. The van der Waals surface area contributed by atoms with E-state index >= 15 is 0 Å². The summed E-state index contributed by atoms with van der Waals surface area (Å²) in [5, 5.41) is 7.08. The lowest BCUT2D eigenvalue weighted by Gasteiger charge is -2.35. The molecule has 3 heterocycles. The van der Waals surface area contributed by atoms with E-state index in [1.165, 1.54) is 19.3 Å². The molecule has 7 nitrogen and oxygen atoms in total. The number of aryl methyl sites for hydroxylation is 1. The van der Waals surface area contributed by atoms with E-state index in [4.69, 9.17) is 4.52 Å². The average molecular weight is 383 g/mol. The van der Waals surface area contributed by atoms with Crippen LogP contribution in [0, 0.1) is 6.92 Å². The number of para-hydroxylation sites is 2. The standard InChI is InChI=1S/C21H29N5O2/c1-17-15-18(28-23-17)16-24-11-13-26(14-12-24)21(27)22-19-7-3-4-8-20(19)25-9-5-2-6-10-25/h3-4,7-8,15H,2,5-6,9-14,16H2,1H3,(H,22,27). The molecule has 0 radical (unpaired) electrons. The number of benzene rings is 1. The summed E-state index contributed by atoms with van der Waals surface area (Å²) in [6, 6.07) is 10.1. The number of nitrogens with zero attached hydrogens (tertiary/aromatic N) is 4. The molecule has 1 N–H and O–H groups in total. The zero-order valence-electron chi connectivity index (χ0n) is 16.6. The highest BCUT2D eigenvalue weighted by Crippen LogP contribution is 2.28. The molecule has 2 fully saturated rings. The van der Waals surface area contributed by atoms with Gasteiger partial charge in [-0.3, -0.25) is 4.90 Å². The molecule has 2 aliphatic rings. The van der Waals surface area contributed by atoms with Crippen LogP contribution in [0.3, 0.4) is 0 Å². The molecule has 0 aliphatic carbocycles. The van der Waals surface area contributed by atoms with Crippen molar-refractivity contribution in [2.24, 2.45) is 0 Å². The van der Waals surface area contributed by atoms with Crippen LogP contribution in [0.5, 0.6) is 0 Å². The first-order valence-corrected chi connectivity index (χ1v) is 10.2. The second kappa shape index (κ2) is 8.65. The van der Waals surface area contributed by atoms with Crippen LogP contribution < -0.4 is 10.2 Å². The number of urea groups is 1. The Balaban J connectivity index is 1.32. The van der Waals surface area contributed by atoms with E-state index in [9.17, 15) is 4.79 Å². The van der Waals surface area contributed by atoms with E-state index in [0.717, 1.165) is 55.6 Å². The molecule has 28 heavy (non-hydrogen) atoms. The SMILES string of the molecule is Cc1cc(CN2CCN(C(=O)Nc3ccccc3N3CCCCC3)CC2)on1. The zero-order chi connectivity index (χ0) is 19.3. The molecule has 7 heteroatoms. The van der Waals surface area contributed by atoms with Crippen molar-refractivity contribution in [3.63, 3.8) is 0 Å². The number of rotatable bonds is 4. The van der Waals surface area contributed by atoms with Gasteiger partial charge in [0.05, 0.1) is 23.6 Å². The van der Waals surface area contributed by atoms with Gasteiger partial charge in [0.2, 0.25) is 0 Å². The summed E-state index contributed by atoms with van der Waals surface area (Å²) < 4.78 is 5.30. The molecule has 0 saturated carbocycles. The molecule has 2 aliphatic heterocycles. The summed E-state index contributed by atoms with van der Waals surface area (Å²) in [6.45, 7) is 7.89. The summed E-state index contributed by atoms with van der Waals surface area (Å²) in [6.07, 6.45) is 3.73. The third-order valence-electron chi connectivity index (χ3n) is 5.56. The fraction of sp³-hybridized carbons (Fsp3) is 0.524. The summed E-state index contributed by atoms with van der Waals surface area (Å²) >= 11 is 0. The van der Waals surface area contributed by atoms with Crippen molar-refractivity contribution in [2.75, 3.05) is 49.5 Å². The number of amides is 2. The first-order chi connectivity index (χ1) is 13.7. The van der Waals surface area contributed by atoms with Crippen molar-refractivity contribution < 1.29 is 9.32 Å². The van der Waals surface area contributed by atoms with E-state index in [0.29, 0.717) is 13.1 Å². The maximum atomic E-state index is 12.8. The number of aromatic nitrogens is 1. The van der Waals surface area contributed by atoms with Gasteiger partial charge in [-0.25, -0.2) is 4.79 Å². The number of anilines is 2. The number of piperazine rings is 1. The minimum absolute atomic E-state index is 0.0142. The number of hydrogen-bond donors (Lipinski definition) is 1. The lowest BCUT2D eigenvalue weighted by Crippen LogP contribution is -2.49. The number of carbonyl (C=O) groups excluding carboxylic acids is 1. The Morgan fingerprint density at radius 3 is 2.54 bits per heavy atom. The van der Waals surface area contributed by atoms with E-state index in [-0.39, 0.29) is 6.03 Å². The fourth-order valence-corrected chi connectivity index (χ4v) is 4.00. The van der Waals surface area contributed by atoms with Crippen molar-refractivity contribution in [3.8, 4) is 0 Å². The monoisotopic (exact) mass is 383 g/mol. The van der Waals surface area contributed by atoms with Gasteiger partial charge >= 0.3 is 6.03 Å². The Kier molecular flexibility index (Phi) is 5.81. The molecule has 150 valence electrons. The Hall–Kier alpha value is -2.54. The van der Waals surface area contributed by atoms with Crippen LogP contribution >= 0.6 is 0 Å². The van der Waals surface area contributed by atoms with Gasteiger partial charge in [0.25, 0.3) is 0 Å². The topological polar surface area (TPSA) is 64.8 Å². The van der Waals surface area contributed by atoms with Gasteiger partial charge in [0.1, 0.15) is 0 Å². The Morgan fingerprint density at radius 1 is 1.07 bits per heavy atom. The van der Waals surface area contributed by atoms with Crippen LogP contribution in [-0.2, 0) is 6.54 Å². The van der Waals surface area contributed by atoms with Crippen molar-refractivity contribution in [1.82, 2.24) is 15.0 Å². The molecule has 2 saturated heterocycles. The number of nitrogens with one attached hydrogen (secondary N) is 1. The van der Waals surface area contributed by atoms with E-state index < -0.39 is 0 Å². The van der Waals surface area contributed by atoms with E-state index in [1.54, 1.807) is 0 Å². The number of carbonyl (C=O) groups is 1. The van der Waals surface area contributed by atoms with Crippen LogP contribution in [0.25, 0.3) is 0 Å². The molecule has 0 atom stereocenters. The molecule has 2 amide bonds. The molecular weight excluding hydrogens is 354 g/mol. The zero-order valence-corrected chi connectivity index (χ0v) is 16.6. The van der Waals surface area contributed by atoms with Gasteiger partial charge in [-0.1, -0.05) is 17.3 Å². The normalized spacial score (nSPS) is 18.3. The van der Waals surface area contributed by atoms with E-state index in [2.05, 4.69) is 26.3 Å². The highest BCUT2D eigenvalue weighted by molar-refractivity contribution is 5.93. The van der Waals surface area contributed by atoms with Gasteiger partial charge < -0.3 is 19.6 Å². The molecule has 1 aromatic carbocycles.